The summed E-state index contributed by atoms with van der Waals surface area (Å²) >= 11 is 5.88. The van der Waals surface area contributed by atoms with Crippen LogP contribution in [0, 0.1) is 10.1 Å². The average molecular weight is 397 g/mol. The van der Waals surface area contributed by atoms with E-state index < -0.39 is 14.8 Å². The Morgan fingerprint density at radius 1 is 1.23 bits per heavy atom. The maximum Gasteiger partial charge on any atom is 0.294 e. The molecule has 1 unspecified atom stereocenters. The molecule has 1 aliphatic heterocycles. The molecule has 1 fully saturated rings. The van der Waals surface area contributed by atoms with Gasteiger partial charge in [-0.15, -0.1) is 0 Å². The highest BCUT2D eigenvalue weighted by Gasteiger charge is 2.27. The van der Waals surface area contributed by atoms with E-state index >= 15 is 0 Å². The molecule has 9 heteroatoms. The predicted octanol–water partition coefficient (Wildman–Crippen LogP) is 3.23. The summed E-state index contributed by atoms with van der Waals surface area (Å²) in [7, 11) is -3.26. The second kappa shape index (κ2) is 7.22. The van der Waals surface area contributed by atoms with Crippen LogP contribution in [0.15, 0.2) is 47.4 Å². The second-order valence-electron chi connectivity index (χ2n) is 6.04. The van der Waals surface area contributed by atoms with Gasteiger partial charge in [-0.05, 0) is 29.8 Å². The number of rotatable bonds is 4. The van der Waals surface area contributed by atoms with Crippen LogP contribution in [0.4, 0.5) is 11.4 Å². The number of benzene rings is 2. The molecular formula is C17H17ClN2O5S. The van der Waals surface area contributed by atoms with E-state index in [-0.39, 0.29) is 16.7 Å². The van der Waals surface area contributed by atoms with E-state index in [9.17, 15) is 18.5 Å². The summed E-state index contributed by atoms with van der Waals surface area (Å²) in [5.74, 6) is 0. The monoisotopic (exact) mass is 396 g/mol. The highest BCUT2D eigenvalue weighted by atomic mass is 35.5. The van der Waals surface area contributed by atoms with Gasteiger partial charge in [0.25, 0.3) is 5.69 Å². The summed E-state index contributed by atoms with van der Waals surface area (Å²) in [5, 5.41) is 11.6. The minimum absolute atomic E-state index is 0.0504. The number of nitro benzene ring substituents is 1. The van der Waals surface area contributed by atoms with Gasteiger partial charge in [0.2, 0.25) is 0 Å². The quantitative estimate of drug-likeness (QED) is 0.582. The van der Waals surface area contributed by atoms with Gasteiger partial charge in [-0.1, -0.05) is 23.7 Å². The Morgan fingerprint density at radius 2 is 1.92 bits per heavy atom. The molecule has 0 radical (unpaired) electrons. The van der Waals surface area contributed by atoms with Gasteiger partial charge >= 0.3 is 0 Å². The van der Waals surface area contributed by atoms with Crippen LogP contribution in [-0.2, 0) is 14.6 Å². The largest absolute Gasteiger partial charge is 0.370 e. The average Bonchev–Trinajstić information content (AvgIpc) is 2.61. The zero-order valence-corrected chi connectivity index (χ0v) is 15.5. The Morgan fingerprint density at radius 3 is 2.54 bits per heavy atom. The number of morpholine rings is 1. The molecule has 0 aromatic heterocycles. The molecule has 26 heavy (non-hydrogen) atoms. The van der Waals surface area contributed by atoms with E-state index in [1.165, 1.54) is 18.2 Å². The van der Waals surface area contributed by atoms with Crippen molar-refractivity contribution in [1.82, 2.24) is 0 Å². The molecule has 1 saturated heterocycles. The van der Waals surface area contributed by atoms with Crippen LogP contribution in [0.5, 0.6) is 0 Å². The lowest BCUT2D eigenvalue weighted by molar-refractivity contribution is -0.384. The Hall–Kier alpha value is -2.16. The van der Waals surface area contributed by atoms with Crippen LogP contribution in [0.25, 0.3) is 0 Å². The standard InChI is InChI=1S/C17H17ClN2O5S/c1-26(23,24)14-5-2-12(3-6-14)17-11-19(8-9-25-17)15-7-4-13(18)10-16(15)20(21)22/h2-7,10,17H,8-9,11H2,1H3. The summed E-state index contributed by atoms with van der Waals surface area (Å²) in [5.41, 5.74) is 1.25. The smallest absolute Gasteiger partial charge is 0.294 e. The van der Waals surface area contributed by atoms with Crippen LogP contribution in [0.2, 0.25) is 5.02 Å². The van der Waals surface area contributed by atoms with Gasteiger partial charge in [0.15, 0.2) is 9.84 Å². The van der Waals surface area contributed by atoms with E-state index in [4.69, 9.17) is 16.3 Å². The van der Waals surface area contributed by atoms with Gasteiger partial charge in [0.1, 0.15) is 11.8 Å². The van der Waals surface area contributed by atoms with Crippen molar-refractivity contribution in [3.63, 3.8) is 0 Å². The molecule has 138 valence electrons. The number of ether oxygens (including phenoxy) is 1. The topological polar surface area (TPSA) is 89.8 Å². The lowest BCUT2D eigenvalue weighted by Gasteiger charge is -2.34. The van der Waals surface area contributed by atoms with Gasteiger partial charge in [0.05, 0.1) is 16.4 Å². The SMILES string of the molecule is CS(=O)(=O)c1ccc(C2CN(c3ccc(Cl)cc3[N+](=O)[O-])CCO2)cc1. The van der Waals surface area contributed by atoms with Crippen LogP contribution in [0.3, 0.4) is 0 Å². The first-order valence-corrected chi connectivity index (χ1v) is 10.1. The number of anilines is 1. The number of hydrogen-bond acceptors (Lipinski definition) is 6. The Kier molecular flexibility index (Phi) is 5.17. The van der Waals surface area contributed by atoms with Crippen molar-refractivity contribution in [3.8, 4) is 0 Å². The molecule has 0 amide bonds. The van der Waals surface area contributed by atoms with Crippen LogP contribution >= 0.6 is 11.6 Å². The highest BCUT2D eigenvalue weighted by molar-refractivity contribution is 7.90. The molecule has 0 saturated carbocycles. The molecule has 2 aromatic rings. The van der Waals surface area contributed by atoms with E-state index in [0.717, 1.165) is 11.8 Å². The summed E-state index contributed by atoms with van der Waals surface area (Å²) in [4.78, 5) is 13.0. The predicted molar refractivity (Wildman–Crippen MR) is 98.6 cm³/mol. The molecule has 0 spiro atoms. The Bertz CT molecular complexity index is 931. The highest BCUT2D eigenvalue weighted by Crippen LogP contribution is 2.34. The number of nitro groups is 1. The molecule has 0 N–H and O–H groups in total. The van der Waals surface area contributed by atoms with Gasteiger partial charge in [-0.2, -0.15) is 0 Å². The first-order valence-electron chi connectivity index (χ1n) is 7.86. The molecule has 2 aromatic carbocycles. The van der Waals surface area contributed by atoms with Gasteiger partial charge < -0.3 is 9.64 Å². The summed E-state index contributed by atoms with van der Waals surface area (Å²) in [6.45, 7) is 1.33. The van der Waals surface area contributed by atoms with Crippen molar-refractivity contribution < 1.29 is 18.1 Å². The number of sulfone groups is 1. The van der Waals surface area contributed by atoms with E-state index in [1.54, 1.807) is 24.3 Å². The number of halogens is 1. The third-order valence-corrected chi connectivity index (χ3v) is 5.58. The number of nitrogens with zero attached hydrogens (tertiary/aromatic N) is 2. The number of hydrogen-bond donors (Lipinski definition) is 0. The van der Waals surface area contributed by atoms with Crippen molar-refractivity contribution in [2.75, 3.05) is 30.9 Å². The van der Waals surface area contributed by atoms with E-state index in [2.05, 4.69) is 0 Å². The Balaban J connectivity index is 1.85. The van der Waals surface area contributed by atoms with Crippen molar-refractivity contribution in [2.24, 2.45) is 0 Å². The van der Waals surface area contributed by atoms with Crippen LogP contribution in [-0.4, -0.2) is 39.3 Å². The Labute approximate surface area is 156 Å². The van der Waals surface area contributed by atoms with Gasteiger partial charge in [0, 0.05) is 30.4 Å². The lowest BCUT2D eigenvalue weighted by atomic mass is 10.1. The molecule has 1 aliphatic rings. The fraction of sp³-hybridized carbons (Fsp3) is 0.294. The molecule has 1 atom stereocenters. The molecule has 0 bridgehead atoms. The third kappa shape index (κ3) is 3.98. The van der Waals surface area contributed by atoms with Gasteiger partial charge in [-0.3, -0.25) is 10.1 Å². The summed E-state index contributed by atoms with van der Waals surface area (Å²) in [6, 6.07) is 11.1. The molecule has 1 heterocycles. The molecule has 0 aliphatic carbocycles. The maximum atomic E-state index is 11.6. The van der Waals surface area contributed by atoms with Crippen molar-refractivity contribution in [3.05, 3.63) is 63.2 Å². The summed E-state index contributed by atoms with van der Waals surface area (Å²) in [6.07, 6.45) is 0.841. The van der Waals surface area contributed by atoms with Crippen molar-refractivity contribution in [1.29, 1.82) is 0 Å². The first kappa shape index (κ1) is 18.6. The lowest BCUT2D eigenvalue weighted by Crippen LogP contribution is -2.38. The zero-order valence-electron chi connectivity index (χ0n) is 14.0. The minimum atomic E-state index is -3.26. The zero-order chi connectivity index (χ0) is 18.9. The van der Waals surface area contributed by atoms with Crippen molar-refractivity contribution >= 4 is 32.8 Å². The van der Waals surface area contributed by atoms with Gasteiger partial charge in [-0.25, -0.2) is 8.42 Å². The third-order valence-electron chi connectivity index (χ3n) is 4.22. The van der Waals surface area contributed by atoms with Crippen LogP contribution in [0.1, 0.15) is 11.7 Å². The fourth-order valence-electron chi connectivity index (χ4n) is 2.91. The molecular weight excluding hydrogens is 380 g/mol. The first-order chi connectivity index (χ1) is 12.3. The van der Waals surface area contributed by atoms with Crippen LogP contribution < -0.4 is 4.90 Å². The second-order valence-corrected chi connectivity index (χ2v) is 8.49. The fourth-order valence-corrected chi connectivity index (χ4v) is 3.71. The van der Waals surface area contributed by atoms with Crippen molar-refractivity contribution in [2.45, 2.75) is 11.0 Å². The summed E-state index contributed by atoms with van der Waals surface area (Å²) < 4.78 is 28.9. The molecule has 7 nitrogen and oxygen atoms in total. The van der Waals surface area contributed by atoms with E-state index in [1.807, 2.05) is 4.90 Å². The normalized spacial score (nSPS) is 17.9. The maximum absolute atomic E-state index is 11.6. The minimum Gasteiger partial charge on any atom is -0.370 e. The van der Waals surface area contributed by atoms with E-state index in [0.29, 0.717) is 30.4 Å². The molecule has 3 rings (SSSR count).